The Balaban J connectivity index is 1.45. The number of nitrogens with zero attached hydrogens (tertiary/aromatic N) is 3. The van der Waals surface area contributed by atoms with Crippen LogP contribution in [0, 0.1) is 0 Å². The number of hydrogen-bond acceptors (Lipinski definition) is 5. The number of rotatable bonds is 4. The molecule has 1 aliphatic heterocycles. The van der Waals surface area contributed by atoms with E-state index in [0.717, 1.165) is 10.8 Å². The molecule has 8 nitrogen and oxygen atoms in total. The fourth-order valence-corrected chi connectivity index (χ4v) is 3.23. The average Bonchev–Trinajstić information content (AvgIpc) is 3.14. The summed E-state index contributed by atoms with van der Waals surface area (Å²) < 4.78 is 6.76. The third-order valence-corrected chi connectivity index (χ3v) is 4.66. The maximum absolute atomic E-state index is 12.7. The van der Waals surface area contributed by atoms with Crippen LogP contribution in [0.15, 0.2) is 48.8 Å². The average molecular weight is 380 g/mol. The van der Waals surface area contributed by atoms with E-state index in [-0.39, 0.29) is 24.1 Å². The van der Waals surface area contributed by atoms with Crippen molar-refractivity contribution in [3.63, 3.8) is 0 Å². The predicted molar refractivity (Wildman–Crippen MR) is 103 cm³/mol. The number of anilines is 1. The molecule has 0 radical (unpaired) electrons. The summed E-state index contributed by atoms with van der Waals surface area (Å²) in [6.45, 7) is 2.38. The third kappa shape index (κ3) is 3.81. The third-order valence-electron chi connectivity index (χ3n) is 4.66. The highest BCUT2D eigenvalue weighted by atomic mass is 16.5. The van der Waals surface area contributed by atoms with Crippen molar-refractivity contribution in [2.75, 3.05) is 31.6 Å². The van der Waals surface area contributed by atoms with Crippen LogP contribution in [0.3, 0.4) is 0 Å². The first-order chi connectivity index (χ1) is 13.6. The number of ether oxygens (including phenoxy) is 1. The minimum absolute atomic E-state index is 0.0295. The lowest BCUT2D eigenvalue weighted by Crippen LogP contribution is -2.42. The van der Waals surface area contributed by atoms with Crippen LogP contribution in [0.25, 0.3) is 10.8 Å². The van der Waals surface area contributed by atoms with E-state index < -0.39 is 0 Å². The maximum Gasteiger partial charge on any atom is 0.256 e. The number of phenols is 1. The Bertz CT molecular complexity index is 1020. The molecule has 0 unspecified atom stereocenters. The van der Waals surface area contributed by atoms with Crippen molar-refractivity contribution in [2.45, 2.75) is 6.54 Å². The SMILES string of the molecule is O=C(Nc1cnn(CC(=O)N2CCOCC2)c1)c1cccc2cc(O)ccc12. The van der Waals surface area contributed by atoms with E-state index >= 15 is 0 Å². The second-order valence-electron chi connectivity index (χ2n) is 6.58. The molecule has 4 rings (SSSR count). The van der Waals surface area contributed by atoms with Crippen LogP contribution in [0.4, 0.5) is 5.69 Å². The summed E-state index contributed by atoms with van der Waals surface area (Å²) in [6.07, 6.45) is 3.15. The monoisotopic (exact) mass is 380 g/mol. The number of amides is 2. The lowest BCUT2D eigenvalue weighted by Gasteiger charge is -2.26. The second-order valence-corrected chi connectivity index (χ2v) is 6.58. The van der Waals surface area contributed by atoms with E-state index in [9.17, 15) is 14.7 Å². The minimum Gasteiger partial charge on any atom is -0.508 e. The summed E-state index contributed by atoms with van der Waals surface area (Å²) in [5, 5.41) is 18.1. The normalized spacial score (nSPS) is 14.2. The molecule has 0 bridgehead atoms. The Kier molecular flexibility index (Phi) is 4.94. The molecule has 1 fully saturated rings. The quantitative estimate of drug-likeness (QED) is 0.720. The van der Waals surface area contributed by atoms with Gasteiger partial charge >= 0.3 is 0 Å². The molecule has 1 aliphatic rings. The van der Waals surface area contributed by atoms with E-state index in [1.54, 1.807) is 41.4 Å². The van der Waals surface area contributed by atoms with Gasteiger partial charge < -0.3 is 20.1 Å². The molecule has 8 heteroatoms. The minimum atomic E-state index is -0.282. The standard InChI is InChI=1S/C20H20N4O4/c25-16-4-5-17-14(10-16)2-1-3-18(17)20(27)22-15-11-21-24(12-15)13-19(26)23-6-8-28-9-7-23/h1-5,10-12,25H,6-9,13H2,(H,22,27). The summed E-state index contributed by atoms with van der Waals surface area (Å²) in [7, 11) is 0. The van der Waals surface area contributed by atoms with Gasteiger partial charge in [-0.3, -0.25) is 14.3 Å². The molecule has 3 aromatic rings. The Hall–Kier alpha value is -3.39. The van der Waals surface area contributed by atoms with Gasteiger partial charge in [0.2, 0.25) is 5.91 Å². The largest absolute Gasteiger partial charge is 0.508 e. The molecule has 144 valence electrons. The lowest BCUT2D eigenvalue weighted by molar-refractivity contribution is -0.136. The molecule has 2 amide bonds. The zero-order valence-electron chi connectivity index (χ0n) is 15.2. The highest BCUT2D eigenvalue weighted by molar-refractivity contribution is 6.13. The van der Waals surface area contributed by atoms with Crippen molar-refractivity contribution in [1.82, 2.24) is 14.7 Å². The molecular formula is C20H20N4O4. The van der Waals surface area contributed by atoms with Gasteiger partial charge in [0.15, 0.2) is 0 Å². The molecule has 2 aromatic carbocycles. The summed E-state index contributed by atoms with van der Waals surface area (Å²) in [5.41, 5.74) is 1.00. The molecule has 2 N–H and O–H groups in total. The van der Waals surface area contributed by atoms with Crippen molar-refractivity contribution in [3.05, 3.63) is 54.4 Å². The summed E-state index contributed by atoms with van der Waals surface area (Å²) in [6, 6.07) is 10.2. The van der Waals surface area contributed by atoms with Crippen LogP contribution in [0.5, 0.6) is 5.75 Å². The van der Waals surface area contributed by atoms with Gasteiger partial charge in [0.1, 0.15) is 12.3 Å². The summed E-state index contributed by atoms with van der Waals surface area (Å²) in [5.74, 6) is -0.162. The van der Waals surface area contributed by atoms with Crippen LogP contribution in [-0.4, -0.2) is 57.9 Å². The van der Waals surface area contributed by atoms with E-state index in [0.29, 0.717) is 37.6 Å². The van der Waals surface area contributed by atoms with Crippen LogP contribution in [-0.2, 0) is 16.1 Å². The summed E-state index contributed by atoms with van der Waals surface area (Å²) in [4.78, 5) is 26.7. The molecule has 2 heterocycles. The van der Waals surface area contributed by atoms with Gasteiger partial charge in [0, 0.05) is 24.8 Å². The second kappa shape index (κ2) is 7.69. The molecule has 1 saturated heterocycles. The number of phenolic OH excluding ortho intramolecular Hbond substituents is 1. The van der Waals surface area contributed by atoms with E-state index in [1.165, 1.54) is 10.9 Å². The maximum atomic E-state index is 12.7. The molecule has 0 atom stereocenters. The Morgan fingerprint density at radius 1 is 1.18 bits per heavy atom. The van der Waals surface area contributed by atoms with E-state index in [4.69, 9.17) is 4.74 Å². The van der Waals surface area contributed by atoms with Gasteiger partial charge in [-0.2, -0.15) is 5.10 Å². The fraction of sp³-hybridized carbons (Fsp3) is 0.250. The number of morpholine rings is 1. The van der Waals surface area contributed by atoms with Crippen LogP contribution in [0.1, 0.15) is 10.4 Å². The molecule has 0 aliphatic carbocycles. The van der Waals surface area contributed by atoms with Crippen LogP contribution in [0.2, 0.25) is 0 Å². The first-order valence-corrected chi connectivity index (χ1v) is 9.01. The number of benzene rings is 2. The molecule has 0 saturated carbocycles. The molecule has 1 aromatic heterocycles. The van der Waals surface area contributed by atoms with Gasteiger partial charge in [-0.1, -0.05) is 12.1 Å². The number of fused-ring (bicyclic) bond motifs is 1. The Morgan fingerprint density at radius 3 is 2.82 bits per heavy atom. The highest BCUT2D eigenvalue weighted by Gasteiger charge is 2.18. The number of aromatic nitrogens is 2. The smallest absolute Gasteiger partial charge is 0.256 e. The van der Waals surface area contributed by atoms with E-state index in [1.807, 2.05) is 6.07 Å². The first kappa shape index (κ1) is 18.0. The van der Waals surface area contributed by atoms with Crippen molar-refractivity contribution >= 4 is 28.3 Å². The van der Waals surface area contributed by atoms with Gasteiger partial charge in [-0.25, -0.2) is 0 Å². The van der Waals surface area contributed by atoms with Crippen molar-refractivity contribution in [3.8, 4) is 5.75 Å². The van der Waals surface area contributed by atoms with Gasteiger partial charge in [-0.15, -0.1) is 0 Å². The zero-order chi connectivity index (χ0) is 19.5. The van der Waals surface area contributed by atoms with Crippen molar-refractivity contribution in [2.24, 2.45) is 0 Å². The molecule has 28 heavy (non-hydrogen) atoms. The van der Waals surface area contributed by atoms with Crippen LogP contribution >= 0.6 is 0 Å². The lowest BCUT2D eigenvalue weighted by atomic mass is 10.0. The number of nitrogens with one attached hydrogen (secondary N) is 1. The van der Waals surface area contributed by atoms with Crippen molar-refractivity contribution < 1.29 is 19.4 Å². The zero-order valence-corrected chi connectivity index (χ0v) is 15.2. The number of carbonyl (C=O) groups excluding carboxylic acids is 2. The van der Waals surface area contributed by atoms with Gasteiger partial charge in [0.25, 0.3) is 5.91 Å². The molecule has 0 spiro atoms. The highest BCUT2D eigenvalue weighted by Crippen LogP contribution is 2.24. The first-order valence-electron chi connectivity index (χ1n) is 9.01. The summed E-state index contributed by atoms with van der Waals surface area (Å²) >= 11 is 0. The van der Waals surface area contributed by atoms with Crippen molar-refractivity contribution in [1.29, 1.82) is 0 Å². The van der Waals surface area contributed by atoms with E-state index in [2.05, 4.69) is 10.4 Å². The fourth-order valence-electron chi connectivity index (χ4n) is 3.23. The molecular weight excluding hydrogens is 360 g/mol. The Morgan fingerprint density at radius 2 is 2.00 bits per heavy atom. The number of hydrogen-bond donors (Lipinski definition) is 2. The Labute approximate surface area is 161 Å². The topological polar surface area (TPSA) is 96.7 Å². The number of carbonyl (C=O) groups is 2. The van der Waals surface area contributed by atoms with Gasteiger partial charge in [-0.05, 0) is 35.0 Å². The van der Waals surface area contributed by atoms with Crippen LogP contribution < -0.4 is 5.32 Å². The van der Waals surface area contributed by atoms with Gasteiger partial charge in [0.05, 0.1) is 25.1 Å². The number of aromatic hydroxyl groups is 1. The predicted octanol–water partition coefficient (Wildman–Crippen LogP) is 1.85.